The number of rotatable bonds is 2. The molecule has 4 aromatic carbocycles. The van der Waals surface area contributed by atoms with Gasteiger partial charge in [-0.1, -0.05) is 61.0 Å². The van der Waals surface area contributed by atoms with E-state index in [1.807, 2.05) is 0 Å². The Morgan fingerprint density at radius 2 is 1.38 bits per heavy atom. The molecule has 0 nitrogen and oxygen atoms in total. The molecular weight excluding hydrogens is 455 g/mol. The summed E-state index contributed by atoms with van der Waals surface area (Å²) in [6.45, 7) is 2.21. The predicted molar refractivity (Wildman–Crippen MR) is 105 cm³/mol. The molecule has 0 radical (unpaired) electrons. The van der Waals surface area contributed by atoms with Gasteiger partial charge >= 0.3 is 0 Å². The van der Waals surface area contributed by atoms with Crippen LogP contribution in [0.25, 0.3) is 32.7 Å². The monoisotopic (exact) mass is 479 g/mol. The Balaban J connectivity index is 0.000000960. The fourth-order valence-corrected chi connectivity index (χ4v) is 3.20. The van der Waals surface area contributed by atoms with Crippen molar-refractivity contribution in [3.05, 3.63) is 93.2 Å². The number of hydrogen-bond acceptors (Lipinski definition) is 0. The zero-order valence-corrected chi connectivity index (χ0v) is 18.2. The number of hydrogen-bond donors (Lipinski definition) is 0. The number of aryl methyl sites for hydroxylation is 1. The van der Waals surface area contributed by atoms with Crippen LogP contribution in [-0.2, 0) is 32.3 Å². The van der Waals surface area contributed by atoms with E-state index in [4.69, 9.17) is 0 Å². The molecule has 0 amide bonds. The molecular formula is C23H23Hf-3. The van der Waals surface area contributed by atoms with Crippen LogP contribution in [0.1, 0.15) is 12.5 Å². The molecule has 24 heavy (non-hydrogen) atoms. The maximum atomic E-state index is 2.34. The van der Waals surface area contributed by atoms with Crippen molar-refractivity contribution in [2.75, 3.05) is 0 Å². The van der Waals surface area contributed by atoms with Crippen LogP contribution in [0.5, 0.6) is 0 Å². The standard InChI is InChI=1S/C21H17.2CH3.Hf/c1-2-15-13-17-9-6-12-20(21(17)14-15)19-11-5-8-16-7-3-4-10-18(16)19;;;/h3-14H,2H2,1H3;2*1H3;/q3*-1;. The molecule has 0 spiro atoms. The summed E-state index contributed by atoms with van der Waals surface area (Å²) in [5.74, 6) is 0. The summed E-state index contributed by atoms with van der Waals surface area (Å²) in [6.07, 6.45) is 1.09. The van der Waals surface area contributed by atoms with Crippen molar-refractivity contribution in [3.63, 3.8) is 0 Å². The summed E-state index contributed by atoms with van der Waals surface area (Å²) in [4.78, 5) is 0. The van der Waals surface area contributed by atoms with E-state index in [0.717, 1.165) is 6.42 Å². The van der Waals surface area contributed by atoms with Gasteiger partial charge in [-0.15, -0.1) is 34.5 Å². The molecule has 0 aromatic heterocycles. The van der Waals surface area contributed by atoms with Crippen molar-refractivity contribution in [2.45, 2.75) is 13.3 Å². The van der Waals surface area contributed by atoms with Gasteiger partial charge in [0.25, 0.3) is 0 Å². The van der Waals surface area contributed by atoms with Crippen LogP contribution in [-0.4, -0.2) is 0 Å². The second-order valence-electron chi connectivity index (χ2n) is 5.55. The molecule has 0 N–H and O–H groups in total. The van der Waals surface area contributed by atoms with E-state index < -0.39 is 0 Å². The van der Waals surface area contributed by atoms with Crippen molar-refractivity contribution < 1.29 is 25.8 Å². The molecule has 0 saturated carbocycles. The minimum Gasteiger partial charge on any atom is -0.358 e. The normalized spacial score (nSPS) is 9.88. The molecule has 0 bridgehead atoms. The van der Waals surface area contributed by atoms with Crippen molar-refractivity contribution in [2.24, 2.45) is 0 Å². The van der Waals surface area contributed by atoms with Gasteiger partial charge in [-0.05, 0) is 22.8 Å². The van der Waals surface area contributed by atoms with E-state index in [0.29, 0.717) is 0 Å². The van der Waals surface area contributed by atoms with Crippen LogP contribution >= 0.6 is 0 Å². The van der Waals surface area contributed by atoms with Crippen LogP contribution in [0.15, 0.2) is 72.8 Å². The first kappa shape index (κ1) is 20.4. The van der Waals surface area contributed by atoms with E-state index in [-0.39, 0.29) is 40.7 Å². The smallest absolute Gasteiger partial charge is 0 e. The Hall–Kier alpha value is -1.60. The minimum absolute atomic E-state index is 0. The van der Waals surface area contributed by atoms with Gasteiger partial charge in [0.05, 0.1) is 0 Å². The Morgan fingerprint density at radius 1 is 0.750 bits per heavy atom. The van der Waals surface area contributed by atoms with Gasteiger partial charge in [0.15, 0.2) is 0 Å². The third-order valence-corrected chi connectivity index (χ3v) is 4.30. The van der Waals surface area contributed by atoms with E-state index in [2.05, 4.69) is 79.7 Å². The Bertz CT molecular complexity index is 926. The van der Waals surface area contributed by atoms with E-state index in [1.54, 1.807) is 0 Å². The number of fused-ring (bicyclic) bond motifs is 2. The first-order valence-electron chi connectivity index (χ1n) is 7.53. The Kier molecular flexibility index (Phi) is 7.23. The van der Waals surface area contributed by atoms with Crippen LogP contribution in [0, 0.1) is 14.9 Å². The first-order valence-corrected chi connectivity index (χ1v) is 7.53. The molecule has 0 aliphatic rings. The summed E-state index contributed by atoms with van der Waals surface area (Å²) < 4.78 is 0. The molecule has 0 fully saturated rings. The molecule has 0 aliphatic heterocycles. The third kappa shape index (κ3) is 3.42. The quantitative estimate of drug-likeness (QED) is 0.219. The van der Waals surface area contributed by atoms with Crippen LogP contribution in [0.2, 0.25) is 0 Å². The summed E-state index contributed by atoms with van der Waals surface area (Å²) >= 11 is 0. The summed E-state index contributed by atoms with van der Waals surface area (Å²) in [5, 5.41) is 5.34. The fourth-order valence-electron chi connectivity index (χ4n) is 3.20. The average molecular weight is 478 g/mol. The zero-order valence-electron chi connectivity index (χ0n) is 14.6. The Morgan fingerprint density at radius 3 is 2.12 bits per heavy atom. The average Bonchev–Trinajstić information content (AvgIpc) is 2.97. The molecule has 122 valence electrons. The molecule has 0 aliphatic carbocycles. The van der Waals surface area contributed by atoms with Gasteiger partial charge < -0.3 is 14.9 Å². The van der Waals surface area contributed by atoms with E-state index in [9.17, 15) is 0 Å². The number of benzene rings is 3. The minimum atomic E-state index is 0. The molecule has 0 atom stereocenters. The maximum Gasteiger partial charge on any atom is 0 e. The topological polar surface area (TPSA) is 0 Å². The first-order chi connectivity index (χ1) is 10.4. The Labute approximate surface area is 164 Å². The van der Waals surface area contributed by atoms with Crippen LogP contribution in [0.3, 0.4) is 0 Å². The summed E-state index contributed by atoms with van der Waals surface area (Å²) in [7, 11) is 0. The molecule has 4 rings (SSSR count). The largest absolute Gasteiger partial charge is 0.358 e. The van der Waals surface area contributed by atoms with Gasteiger partial charge in [0, 0.05) is 25.8 Å². The molecule has 1 heteroatoms. The fraction of sp³-hybridized carbons (Fsp3) is 0.0870. The molecule has 0 heterocycles. The predicted octanol–water partition coefficient (Wildman–Crippen LogP) is 6.84. The SMILES string of the molecule is CCc1cc2c(-c3cccc4ccccc34)cccc2[cH-]1.[CH3-].[CH3-].[Hf]. The molecule has 0 unspecified atom stereocenters. The maximum absolute atomic E-state index is 2.34. The van der Waals surface area contributed by atoms with Crippen LogP contribution in [0.4, 0.5) is 0 Å². The van der Waals surface area contributed by atoms with Gasteiger partial charge in [-0.25, -0.2) is 0 Å². The summed E-state index contributed by atoms with van der Waals surface area (Å²) in [6, 6.07) is 26.5. The van der Waals surface area contributed by atoms with Crippen molar-refractivity contribution in [3.8, 4) is 11.1 Å². The van der Waals surface area contributed by atoms with Gasteiger partial charge in [0.2, 0.25) is 0 Å². The van der Waals surface area contributed by atoms with Crippen molar-refractivity contribution in [1.82, 2.24) is 0 Å². The van der Waals surface area contributed by atoms with Crippen molar-refractivity contribution >= 4 is 21.5 Å². The molecule has 0 saturated heterocycles. The van der Waals surface area contributed by atoms with Gasteiger partial charge in [-0.2, -0.15) is 6.07 Å². The van der Waals surface area contributed by atoms with Crippen LogP contribution < -0.4 is 0 Å². The van der Waals surface area contributed by atoms with Gasteiger partial charge in [0.1, 0.15) is 0 Å². The second-order valence-corrected chi connectivity index (χ2v) is 5.55. The molecule has 4 aromatic rings. The zero-order chi connectivity index (χ0) is 14.2. The van der Waals surface area contributed by atoms with Gasteiger partial charge in [-0.3, -0.25) is 0 Å². The van der Waals surface area contributed by atoms with E-state index in [1.165, 1.54) is 38.2 Å². The summed E-state index contributed by atoms with van der Waals surface area (Å²) in [5.41, 5.74) is 4.08. The third-order valence-electron chi connectivity index (χ3n) is 4.30. The second kappa shape index (κ2) is 8.48. The van der Waals surface area contributed by atoms with E-state index >= 15 is 0 Å². The van der Waals surface area contributed by atoms with Crippen molar-refractivity contribution in [1.29, 1.82) is 0 Å².